The van der Waals surface area contributed by atoms with Crippen LogP contribution < -0.4 is 10.6 Å². The molecular formula is C24H24Cl2N2O2. The Morgan fingerprint density at radius 3 is 1.33 bits per heavy atom. The molecular weight excluding hydrogens is 419 g/mol. The Balaban J connectivity index is 1.38. The molecule has 0 unspecified atom stereocenters. The number of halogens is 2. The maximum absolute atomic E-state index is 12.1. The molecule has 3 rings (SSSR count). The monoisotopic (exact) mass is 442 g/mol. The van der Waals surface area contributed by atoms with Gasteiger partial charge in [-0.1, -0.05) is 47.5 Å². The first kappa shape index (κ1) is 22.1. The second kappa shape index (κ2) is 11.0. The highest BCUT2D eigenvalue weighted by atomic mass is 35.5. The lowest BCUT2D eigenvalue weighted by atomic mass is 9.91. The summed E-state index contributed by atoms with van der Waals surface area (Å²) in [5.74, 6) is -0.216. The number of carbonyl (C=O) groups excluding carboxylic acids is 2. The van der Waals surface area contributed by atoms with E-state index in [1.807, 2.05) is 24.3 Å². The second-order valence-electron chi connectivity index (χ2n) is 7.34. The summed E-state index contributed by atoms with van der Waals surface area (Å²) >= 11 is 11.7. The highest BCUT2D eigenvalue weighted by Gasteiger charge is 2.22. The highest BCUT2D eigenvalue weighted by molar-refractivity contribution is 6.30. The summed E-state index contributed by atoms with van der Waals surface area (Å²) < 4.78 is 0. The van der Waals surface area contributed by atoms with Crippen molar-refractivity contribution in [2.75, 3.05) is 0 Å². The van der Waals surface area contributed by atoms with Gasteiger partial charge < -0.3 is 10.6 Å². The van der Waals surface area contributed by atoms with Gasteiger partial charge in [-0.15, -0.1) is 0 Å². The van der Waals surface area contributed by atoms with E-state index < -0.39 is 0 Å². The Morgan fingerprint density at radius 2 is 1.00 bits per heavy atom. The minimum absolute atomic E-state index is 0.108. The van der Waals surface area contributed by atoms with E-state index in [1.54, 1.807) is 48.6 Å². The van der Waals surface area contributed by atoms with Crippen molar-refractivity contribution in [1.82, 2.24) is 10.6 Å². The lowest BCUT2D eigenvalue weighted by Gasteiger charge is -2.29. The molecule has 0 aliphatic heterocycles. The summed E-state index contributed by atoms with van der Waals surface area (Å²) in [7, 11) is 0. The number of carbonyl (C=O) groups is 2. The van der Waals surface area contributed by atoms with Crippen LogP contribution in [0.4, 0.5) is 0 Å². The molecule has 0 heterocycles. The molecule has 0 bridgehead atoms. The van der Waals surface area contributed by atoms with Gasteiger partial charge in [0.25, 0.3) is 0 Å². The van der Waals surface area contributed by atoms with E-state index in [0.29, 0.717) is 10.0 Å². The van der Waals surface area contributed by atoms with Crippen LogP contribution in [-0.4, -0.2) is 23.9 Å². The lowest BCUT2D eigenvalue weighted by molar-refractivity contribution is -0.118. The van der Waals surface area contributed by atoms with Gasteiger partial charge >= 0.3 is 0 Å². The molecule has 1 aliphatic rings. The van der Waals surface area contributed by atoms with E-state index in [0.717, 1.165) is 36.8 Å². The van der Waals surface area contributed by atoms with Gasteiger partial charge in [-0.25, -0.2) is 0 Å². The number of nitrogens with one attached hydrogen (secondary N) is 2. The molecule has 1 saturated carbocycles. The summed E-state index contributed by atoms with van der Waals surface area (Å²) in [4.78, 5) is 24.3. The minimum Gasteiger partial charge on any atom is -0.350 e. The van der Waals surface area contributed by atoms with E-state index >= 15 is 0 Å². The molecule has 0 spiro atoms. The van der Waals surface area contributed by atoms with Crippen molar-refractivity contribution in [2.24, 2.45) is 0 Å². The van der Waals surface area contributed by atoms with Crippen molar-refractivity contribution in [3.8, 4) is 0 Å². The minimum atomic E-state index is -0.108. The molecule has 0 radical (unpaired) electrons. The SMILES string of the molecule is O=C(/C=C/c1ccc(Cl)cc1)NC1CCC(NC(=O)/C=C/c2ccc(Cl)cc2)CC1. The van der Waals surface area contributed by atoms with Gasteiger partial charge in [0, 0.05) is 34.3 Å². The summed E-state index contributed by atoms with van der Waals surface area (Å²) in [6, 6.07) is 14.9. The van der Waals surface area contributed by atoms with Gasteiger partial charge in [-0.2, -0.15) is 0 Å². The van der Waals surface area contributed by atoms with Crippen molar-refractivity contribution in [1.29, 1.82) is 0 Å². The van der Waals surface area contributed by atoms with Gasteiger partial charge in [-0.05, 0) is 73.2 Å². The van der Waals surface area contributed by atoms with Crippen molar-refractivity contribution in [3.05, 3.63) is 81.9 Å². The van der Waals surface area contributed by atoms with Crippen LogP contribution >= 0.6 is 23.2 Å². The van der Waals surface area contributed by atoms with Crippen molar-refractivity contribution < 1.29 is 9.59 Å². The third-order valence-electron chi connectivity index (χ3n) is 5.01. The van der Waals surface area contributed by atoms with Crippen LogP contribution in [0.25, 0.3) is 12.2 Å². The molecule has 2 aromatic carbocycles. The van der Waals surface area contributed by atoms with Gasteiger partial charge in [0.15, 0.2) is 0 Å². The second-order valence-corrected chi connectivity index (χ2v) is 8.21. The predicted octanol–water partition coefficient (Wildman–Crippen LogP) is 5.26. The third kappa shape index (κ3) is 7.36. The molecule has 2 N–H and O–H groups in total. The molecule has 1 aliphatic carbocycles. The molecule has 0 atom stereocenters. The first-order valence-electron chi connectivity index (χ1n) is 9.96. The smallest absolute Gasteiger partial charge is 0.244 e. The van der Waals surface area contributed by atoms with Crippen LogP contribution in [0.1, 0.15) is 36.8 Å². The Bertz CT molecular complexity index is 836. The molecule has 2 aromatic rings. The quantitative estimate of drug-likeness (QED) is 0.599. The Kier molecular flexibility index (Phi) is 8.12. The standard InChI is InChI=1S/C24H24Cl2N2O2/c25-19-7-1-17(2-8-19)5-15-23(29)27-21-11-13-22(14-12-21)28-24(30)16-6-18-3-9-20(26)10-4-18/h1-10,15-16,21-22H,11-14H2,(H,27,29)(H,28,30)/b15-5+,16-6+. The van der Waals surface area contributed by atoms with Crippen molar-refractivity contribution in [3.63, 3.8) is 0 Å². The van der Waals surface area contributed by atoms with Crippen LogP contribution in [-0.2, 0) is 9.59 Å². The van der Waals surface area contributed by atoms with Crippen molar-refractivity contribution >= 4 is 47.2 Å². The predicted molar refractivity (Wildman–Crippen MR) is 123 cm³/mol. The molecule has 6 heteroatoms. The van der Waals surface area contributed by atoms with E-state index in [2.05, 4.69) is 10.6 Å². The maximum Gasteiger partial charge on any atom is 0.244 e. The normalized spacial score (nSPS) is 19.1. The van der Waals surface area contributed by atoms with E-state index in [9.17, 15) is 9.59 Å². The summed E-state index contributed by atoms with van der Waals surface area (Å²) in [5, 5.41) is 7.41. The zero-order valence-corrected chi connectivity index (χ0v) is 18.0. The molecule has 4 nitrogen and oxygen atoms in total. The lowest BCUT2D eigenvalue weighted by Crippen LogP contribution is -2.43. The van der Waals surface area contributed by atoms with Crippen molar-refractivity contribution in [2.45, 2.75) is 37.8 Å². The topological polar surface area (TPSA) is 58.2 Å². The summed E-state index contributed by atoms with van der Waals surface area (Å²) in [5.41, 5.74) is 1.85. The molecule has 30 heavy (non-hydrogen) atoms. The Morgan fingerprint density at radius 1 is 0.667 bits per heavy atom. The summed E-state index contributed by atoms with van der Waals surface area (Å²) in [6.07, 6.45) is 9.98. The van der Waals surface area contributed by atoms with Gasteiger partial charge in [-0.3, -0.25) is 9.59 Å². The maximum atomic E-state index is 12.1. The first-order valence-corrected chi connectivity index (χ1v) is 10.7. The Labute approximate surface area is 187 Å². The average Bonchev–Trinajstić information content (AvgIpc) is 2.74. The number of amides is 2. The Hall–Kier alpha value is -2.56. The van der Waals surface area contributed by atoms with Gasteiger partial charge in [0.05, 0.1) is 0 Å². The van der Waals surface area contributed by atoms with Gasteiger partial charge in [0.1, 0.15) is 0 Å². The molecule has 1 fully saturated rings. The van der Waals surface area contributed by atoms with E-state index in [-0.39, 0.29) is 23.9 Å². The van der Waals surface area contributed by atoms with Crippen LogP contribution in [0, 0.1) is 0 Å². The number of hydrogen-bond donors (Lipinski definition) is 2. The van der Waals surface area contributed by atoms with Crippen LogP contribution in [0.5, 0.6) is 0 Å². The van der Waals surface area contributed by atoms with Crippen LogP contribution in [0.15, 0.2) is 60.7 Å². The fourth-order valence-electron chi connectivity index (χ4n) is 3.37. The first-order chi connectivity index (χ1) is 14.5. The number of hydrogen-bond acceptors (Lipinski definition) is 2. The fraction of sp³-hybridized carbons (Fsp3) is 0.250. The third-order valence-corrected chi connectivity index (χ3v) is 5.52. The van der Waals surface area contributed by atoms with Gasteiger partial charge in [0.2, 0.25) is 11.8 Å². The number of benzene rings is 2. The number of rotatable bonds is 6. The highest BCUT2D eigenvalue weighted by Crippen LogP contribution is 2.19. The molecule has 156 valence electrons. The average molecular weight is 443 g/mol. The molecule has 0 aromatic heterocycles. The molecule has 0 saturated heterocycles. The van der Waals surface area contributed by atoms with E-state index in [1.165, 1.54) is 0 Å². The largest absolute Gasteiger partial charge is 0.350 e. The summed E-state index contributed by atoms with van der Waals surface area (Å²) in [6.45, 7) is 0. The van der Waals surface area contributed by atoms with Crippen LogP contribution in [0.2, 0.25) is 10.0 Å². The molecule has 2 amide bonds. The zero-order chi connectivity index (χ0) is 21.3. The fourth-order valence-corrected chi connectivity index (χ4v) is 3.62. The van der Waals surface area contributed by atoms with E-state index in [4.69, 9.17) is 23.2 Å². The van der Waals surface area contributed by atoms with Crippen LogP contribution in [0.3, 0.4) is 0 Å². The zero-order valence-electron chi connectivity index (χ0n) is 16.5.